The molecule has 1 aliphatic carbocycles. The van der Waals surface area contributed by atoms with Crippen LogP contribution in [0.1, 0.15) is 24.6 Å². The van der Waals surface area contributed by atoms with Gasteiger partial charge in [-0.15, -0.1) is 0 Å². The monoisotopic (exact) mass is 215 g/mol. The third-order valence-electron chi connectivity index (χ3n) is 3.26. The first-order chi connectivity index (χ1) is 7.92. The van der Waals surface area contributed by atoms with E-state index in [1.165, 1.54) is 18.7 Å². The van der Waals surface area contributed by atoms with Crippen molar-refractivity contribution in [3.8, 4) is 0 Å². The van der Waals surface area contributed by atoms with E-state index in [9.17, 15) is 0 Å². The second kappa shape index (κ2) is 3.04. The molecule has 0 radical (unpaired) electrons. The van der Waals surface area contributed by atoms with E-state index in [0.29, 0.717) is 12.0 Å². The molecule has 1 unspecified atom stereocenters. The van der Waals surface area contributed by atoms with Gasteiger partial charge in [-0.1, -0.05) is 0 Å². The Balaban J connectivity index is 1.88. The zero-order chi connectivity index (χ0) is 10.5. The summed E-state index contributed by atoms with van der Waals surface area (Å²) in [5.41, 5.74) is 2.03. The molecule has 3 heterocycles. The highest BCUT2D eigenvalue weighted by Crippen LogP contribution is 2.40. The van der Waals surface area contributed by atoms with Gasteiger partial charge in [-0.05, 0) is 25.0 Å². The lowest BCUT2D eigenvalue weighted by atomic mass is 10.3. The molecule has 0 amide bonds. The summed E-state index contributed by atoms with van der Waals surface area (Å²) in [5, 5.41) is 0. The summed E-state index contributed by atoms with van der Waals surface area (Å²) in [6.07, 6.45) is 4.77. The van der Waals surface area contributed by atoms with Gasteiger partial charge in [0.2, 0.25) is 0 Å². The maximum absolute atomic E-state index is 5.31. The molecule has 1 aliphatic heterocycles. The number of aromatic nitrogens is 3. The van der Waals surface area contributed by atoms with Crippen LogP contribution in [0.15, 0.2) is 18.3 Å². The molecule has 1 saturated heterocycles. The lowest BCUT2D eigenvalue weighted by Crippen LogP contribution is -2.08. The average Bonchev–Trinajstić information content (AvgIpc) is 3.19. The number of rotatable bonds is 3. The Bertz CT molecular complexity index is 540. The van der Waals surface area contributed by atoms with Gasteiger partial charge in [0.15, 0.2) is 5.65 Å². The molecule has 0 aromatic carbocycles. The van der Waals surface area contributed by atoms with Gasteiger partial charge in [0.25, 0.3) is 0 Å². The molecule has 4 nitrogen and oxygen atoms in total. The molecule has 4 rings (SSSR count). The van der Waals surface area contributed by atoms with Gasteiger partial charge in [-0.25, -0.2) is 9.97 Å². The maximum atomic E-state index is 5.31. The molecule has 1 atom stereocenters. The predicted octanol–water partition coefficient (Wildman–Crippen LogP) is 1.71. The first kappa shape index (κ1) is 8.70. The van der Waals surface area contributed by atoms with Crippen molar-refractivity contribution in [3.05, 3.63) is 24.2 Å². The third-order valence-corrected chi connectivity index (χ3v) is 3.26. The van der Waals surface area contributed by atoms with Crippen molar-refractivity contribution < 1.29 is 4.74 Å². The smallest absolute Gasteiger partial charge is 0.160 e. The van der Waals surface area contributed by atoms with E-state index in [-0.39, 0.29) is 0 Å². The minimum atomic E-state index is 0.386. The van der Waals surface area contributed by atoms with Crippen molar-refractivity contribution in [3.63, 3.8) is 0 Å². The Morgan fingerprint density at radius 1 is 1.44 bits per heavy atom. The SMILES string of the molecule is c1cnc2c(c1)nc(C1CC1)n2CC1CO1. The van der Waals surface area contributed by atoms with E-state index in [1.807, 2.05) is 18.3 Å². The van der Waals surface area contributed by atoms with Gasteiger partial charge < -0.3 is 9.30 Å². The summed E-state index contributed by atoms with van der Waals surface area (Å²) in [4.78, 5) is 9.14. The minimum Gasteiger partial charge on any atom is -0.371 e. The summed E-state index contributed by atoms with van der Waals surface area (Å²) < 4.78 is 7.56. The molecular weight excluding hydrogens is 202 g/mol. The molecule has 2 aromatic heterocycles. The zero-order valence-corrected chi connectivity index (χ0v) is 8.97. The van der Waals surface area contributed by atoms with Gasteiger partial charge in [0.05, 0.1) is 19.3 Å². The van der Waals surface area contributed by atoms with Crippen LogP contribution in [0.5, 0.6) is 0 Å². The number of epoxide rings is 1. The minimum absolute atomic E-state index is 0.386. The average molecular weight is 215 g/mol. The molecule has 2 aromatic rings. The summed E-state index contributed by atoms with van der Waals surface area (Å²) in [6, 6.07) is 3.99. The maximum Gasteiger partial charge on any atom is 0.160 e. The highest BCUT2D eigenvalue weighted by atomic mass is 16.6. The zero-order valence-electron chi connectivity index (χ0n) is 8.97. The standard InChI is InChI=1S/C12H13N3O/c1-2-10-12(13-5-1)15(6-9-7-16-9)11(14-10)8-3-4-8/h1-2,5,8-9H,3-4,6-7H2. The summed E-state index contributed by atoms with van der Waals surface area (Å²) in [6.45, 7) is 1.80. The van der Waals surface area contributed by atoms with Crippen molar-refractivity contribution in [2.24, 2.45) is 0 Å². The van der Waals surface area contributed by atoms with Gasteiger partial charge in [0.1, 0.15) is 11.3 Å². The van der Waals surface area contributed by atoms with E-state index < -0.39 is 0 Å². The molecule has 0 bridgehead atoms. The lowest BCUT2D eigenvalue weighted by Gasteiger charge is -2.04. The van der Waals surface area contributed by atoms with Crippen LogP contribution in [-0.4, -0.2) is 27.2 Å². The van der Waals surface area contributed by atoms with Crippen LogP contribution in [-0.2, 0) is 11.3 Å². The summed E-state index contributed by atoms with van der Waals surface area (Å²) >= 11 is 0. The summed E-state index contributed by atoms with van der Waals surface area (Å²) in [5.74, 6) is 1.87. The molecule has 4 heteroatoms. The second-order valence-corrected chi connectivity index (χ2v) is 4.66. The lowest BCUT2D eigenvalue weighted by molar-refractivity contribution is 0.382. The van der Waals surface area contributed by atoms with Gasteiger partial charge in [0, 0.05) is 12.1 Å². The quantitative estimate of drug-likeness (QED) is 0.732. The normalized spacial score (nSPS) is 23.9. The Morgan fingerprint density at radius 2 is 2.31 bits per heavy atom. The van der Waals surface area contributed by atoms with E-state index in [4.69, 9.17) is 9.72 Å². The first-order valence-electron chi connectivity index (χ1n) is 5.84. The van der Waals surface area contributed by atoms with Crippen molar-refractivity contribution in [1.29, 1.82) is 0 Å². The summed E-state index contributed by atoms with van der Waals surface area (Å²) in [7, 11) is 0. The van der Waals surface area contributed by atoms with E-state index in [2.05, 4.69) is 9.55 Å². The molecule has 2 aliphatic rings. The number of pyridine rings is 1. The van der Waals surface area contributed by atoms with E-state index in [0.717, 1.165) is 24.3 Å². The van der Waals surface area contributed by atoms with Gasteiger partial charge in [-0.3, -0.25) is 0 Å². The molecule has 0 spiro atoms. The molecule has 82 valence electrons. The largest absolute Gasteiger partial charge is 0.371 e. The molecular formula is C12H13N3O. The number of nitrogens with zero attached hydrogens (tertiary/aromatic N) is 3. The third kappa shape index (κ3) is 1.33. The van der Waals surface area contributed by atoms with Crippen LogP contribution in [0.4, 0.5) is 0 Å². The number of hydrogen-bond acceptors (Lipinski definition) is 3. The second-order valence-electron chi connectivity index (χ2n) is 4.66. The fraction of sp³-hybridized carbons (Fsp3) is 0.500. The molecule has 1 saturated carbocycles. The van der Waals surface area contributed by atoms with Crippen molar-refractivity contribution >= 4 is 11.2 Å². The fourth-order valence-electron chi connectivity index (χ4n) is 2.19. The van der Waals surface area contributed by atoms with Crippen molar-refractivity contribution in [1.82, 2.24) is 14.5 Å². The van der Waals surface area contributed by atoms with Crippen LogP contribution in [0.25, 0.3) is 11.2 Å². The number of hydrogen-bond donors (Lipinski definition) is 0. The molecule has 16 heavy (non-hydrogen) atoms. The Labute approximate surface area is 93.3 Å². The highest BCUT2D eigenvalue weighted by Gasteiger charge is 2.32. The van der Waals surface area contributed by atoms with Crippen LogP contribution in [0.3, 0.4) is 0 Å². The topological polar surface area (TPSA) is 43.2 Å². The number of fused-ring (bicyclic) bond motifs is 1. The Kier molecular flexibility index (Phi) is 1.65. The van der Waals surface area contributed by atoms with Gasteiger partial charge in [-0.2, -0.15) is 0 Å². The Morgan fingerprint density at radius 3 is 3.06 bits per heavy atom. The van der Waals surface area contributed by atoms with Crippen LogP contribution >= 0.6 is 0 Å². The van der Waals surface area contributed by atoms with Crippen molar-refractivity contribution in [2.75, 3.05) is 6.61 Å². The number of ether oxygens (including phenoxy) is 1. The predicted molar refractivity (Wildman–Crippen MR) is 59.2 cm³/mol. The Hall–Kier alpha value is -1.42. The van der Waals surface area contributed by atoms with Gasteiger partial charge >= 0.3 is 0 Å². The molecule has 2 fully saturated rings. The van der Waals surface area contributed by atoms with Crippen LogP contribution < -0.4 is 0 Å². The molecule has 0 N–H and O–H groups in total. The first-order valence-corrected chi connectivity index (χ1v) is 5.84. The van der Waals surface area contributed by atoms with E-state index >= 15 is 0 Å². The number of imidazole rings is 1. The van der Waals surface area contributed by atoms with Crippen LogP contribution in [0, 0.1) is 0 Å². The van der Waals surface area contributed by atoms with Crippen LogP contribution in [0.2, 0.25) is 0 Å². The van der Waals surface area contributed by atoms with E-state index in [1.54, 1.807) is 0 Å². The highest BCUT2D eigenvalue weighted by molar-refractivity contribution is 5.71. The van der Waals surface area contributed by atoms with Crippen molar-refractivity contribution in [2.45, 2.75) is 31.4 Å². The fourth-order valence-corrected chi connectivity index (χ4v) is 2.19.